The Morgan fingerprint density at radius 2 is 0.694 bits per heavy atom. The molecule has 1 aliphatic rings. The van der Waals surface area contributed by atoms with Crippen LogP contribution in [0.2, 0.25) is 0 Å². The number of nitrogens with one attached hydrogen (secondary N) is 1. The first-order valence-corrected chi connectivity index (χ1v) is 42.2. The van der Waals surface area contributed by atoms with E-state index in [2.05, 4.69) is 79.9 Å². The standard InChI is InChI=1S/C87H159NO10/c1-3-5-7-9-11-13-15-17-18-19-44-47-51-55-59-63-67-71-75-83(92)96-76-72-68-64-60-56-52-48-45-42-40-38-36-34-32-30-28-26-24-22-20-21-23-25-27-29-31-33-35-37-39-41-43-46-50-54-58-62-66-70-74-82(91)88-79(78-97-87-86(95)85(94)84(93)81(77-89)98-87)80(90)73-69-65-61-57-53-49-16-14-12-10-8-6-4-2/h12,14,18-21,24,26,53,57,69,73,79-81,84-87,89-90,93-95H,3-11,13,15-17,22-23,25,27-52,54-56,58-68,70-72,74-78H2,1-2H3,(H,88,91)/b14-12+,19-18-,21-20-,26-24-,57-53+,73-69+. The van der Waals surface area contributed by atoms with Gasteiger partial charge < -0.3 is 45.1 Å². The molecule has 572 valence electrons. The predicted molar refractivity (Wildman–Crippen MR) is 416 cm³/mol. The summed E-state index contributed by atoms with van der Waals surface area (Å²) in [6.07, 6.45) is 93.8. The molecule has 1 saturated heterocycles. The van der Waals surface area contributed by atoms with Gasteiger partial charge in [-0.1, -0.05) is 350 Å². The van der Waals surface area contributed by atoms with E-state index in [-0.39, 0.29) is 18.5 Å². The maximum atomic E-state index is 13.1. The molecule has 7 atom stereocenters. The maximum Gasteiger partial charge on any atom is 0.305 e. The molecule has 0 bridgehead atoms. The monoisotopic (exact) mass is 1380 g/mol. The molecule has 98 heavy (non-hydrogen) atoms. The van der Waals surface area contributed by atoms with Crippen LogP contribution in [0.1, 0.15) is 406 Å². The summed E-state index contributed by atoms with van der Waals surface area (Å²) in [5, 5.41) is 54.5. The molecule has 0 spiro atoms. The number of carbonyl (C=O) groups excluding carboxylic acids is 2. The number of unbranched alkanes of at least 4 members (excludes halogenated alkanes) is 51. The number of carbonyl (C=O) groups is 2. The summed E-state index contributed by atoms with van der Waals surface area (Å²) in [4.78, 5) is 25.2. The van der Waals surface area contributed by atoms with E-state index in [0.29, 0.717) is 19.4 Å². The molecule has 0 radical (unpaired) electrons. The van der Waals surface area contributed by atoms with E-state index in [1.165, 1.54) is 302 Å². The van der Waals surface area contributed by atoms with Crippen LogP contribution in [0.15, 0.2) is 72.9 Å². The van der Waals surface area contributed by atoms with Gasteiger partial charge in [-0.25, -0.2) is 0 Å². The molecule has 7 unspecified atom stereocenters. The van der Waals surface area contributed by atoms with Gasteiger partial charge in [0.25, 0.3) is 0 Å². The Balaban J connectivity index is 1.89. The van der Waals surface area contributed by atoms with Crippen molar-refractivity contribution in [3.8, 4) is 0 Å². The van der Waals surface area contributed by atoms with Crippen LogP contribution in [0.3, 0.4) is 0 Å². The zero-order valence-corrected chi connectivity index (χ0v) is 64.0. The first kappa shape index (κ1) is 93.1. The quantitative estimate of drug-likeness (QED) is 0.0195. The molecule has 1 rings (SSSR count). The highest BCUT2D eigenvalue weighted by Crippen LogP contribution is 2.24. The molecule has 0 saturated carbocycles. The third kappa shape index (κ3) is 62.8. The highest BCUT2D eigenvalue weighted by molar-refractivity contribution is 5.76. The number of ether oxygens (including phenoxy) is 3. The molecule has 0 aromatic rings. The SMILES string of the molecule is CCCCC/C=C/CC/C=C/CC/C=C/C(O)C(COC1OC(CO)C(O)C(O)C1O)NC(=O)CCCCCCCCCCCCCCCCCCC/C=C\C/C=C\CCCCCCCCCCCCCCCCCOC(=O)CCCCCCCCC/C=C\CCCCCCCCC. The fourth-order valence-electron chi connectivity index (χ4n) is 13.1. The summed E-state index contributed by atoms with van der Waals surface area (Å²) in [5.74, 6) is -0.181. The largest absolute Gasteiger partial charge is 0.466 e. The molecule has 1 fully saturated rings. The van der Waals surface area contributed by atoms with Crippen molar-refractivity contribution >= 4 is 11.9 Å². The summed E-state index contributed by atoms with van der Waals surface area (Å²) >= 11 is 0. The van der Waals surface area contributed by atoms with Gasteiger partial charge in [0.05, 0.1) is 32.0 Å². The second-order valence-corrected chi connectivity index (χ2v) is 29.2. The first-order valence-electron chi connectivity index (χ1n) is 42.2. The van der Waals surface area contributed by atoms with Crippen molar-refractivity contribution in [1.29, 1.82) is 0 Å². The summed E-state index contributed by atoms with van der Waals surface area (Å²) in [7, 11) is 0. The molecule has 6 N–H and O–H groups in total. The molecule has 1 amide bonds. The van der Waals surface area contributed by atoms with Crippen molar-refractivity contribution in [3.05, 3.63) is 72.9 Å². The van der Waals surface area contributed by atoms with Crippen LogP contribution in [-0.4, -0.2) is 100 Å². The van der Waals surface area contributed by atoms with Crippen LogP contribution in [0, 0.1) is 0 Å². The van der Waals surface area contributed by atoms with Crippen LogP contribution >= 0.6 is 0 Å². The number of allylic oxidation sites excluding steroid dienone is 11. The molecular formula is C87H159NO10. The zero-order valence-electron chi connectivity index (χ0n) is 64.0. The van der Waals surface area contributed by atoms with E-state index in [4.69, 9.17) is 14.2 Å². The third-order valence-electron chi connectivity index (χ3n) is 19.7. The number of aliphatic hydroxyl groups excluding tert-OH is 5. The van der Waals surface area contributed by atoms with E-state index in [0.717, 1.165) is 77.0 Å². The number of hydrogen-bond donors (Lipinski definition) is 6. The first-order chi connectivity index (χ1) is 48.2. The van der Waals surface area contributed by atoms with Gasteiger partial charge in [0, 0.05) is 12.8 Å². The minimum Gasteiger partial charge on any atom is -0.466 e. The predicted octanol–water partition coefficient (Wildman–Crippen LogP) is 23.4. The van der Waals surface area contributed by atoms with Gasteiger partial charge in [0.2, 0.25) is 5.91 Å². The van der Waals surface area contributed by atoms with Gasteiger partial charge >= 0.3 is 5.97 Å². The molecule has 11 nitrogen and oxygen atoms in total. The average Bonchev–Trinajstić information content (AvgIpc) is 0.831. The average molecular weight is 1380 g/mol. The van der Waals surface area contributed by atoms with E-state index in [9.17, 15) is 35.1 Å². The fourth-order valence-corrected chi connectivity index (χ4v) is 13.1. The Morgan fingerprint density at radius 1 is 0.378 bits per heavy atom. The molecule has 1 aliphatic heterocycles. The number of esters is 1. The summed E-state index contributed by atoms with van der Waals surface area (Å²) in [6, 6.07) is -0.834. The van der Waals surface area contributed by atoms with E-state index in [1.807, 2.05) is 6.08 Å². The van der Waals surface area contributed by atoms with Crippen molar-refractivity contribution in [2.45, 2.75) is 448 Å². The smallest absolute Gasteiger partial charge is 0.305 e. The lowest BCUT2D eigenvalue weighted by molar-refractivity contribution is -0.302. The lowest BCUT2D eigenvalue weighted by Crippen LogP contribution is -2.60. The van der Waals surface area contributed by atoms with Crippen molar-refractivity contribution in [2.75, 3.05) is 19.8 Å². The topological polar surface area (TPSA) is 175 Å². The Morgan fingerprint density at radius 3 is 1.09 bits per heavy atom. The lowest BCUT2D eigenvalue weighted by Gasteiger charge is -2.40. The minimum atomic E-state index is -1.58. The maximum absolute atomic E-state index is 13.1. The normalized spacial score (nSPS) is 17.6. The van der Waals surface area contributed by atoms with Gasteiger partial charge in [0.1, 0.15) is 24.4 Å². The Hall–Kier alpha value is -2.90. The Kier molecular flexibility index (Phi) is 71.5. The minimum absolute atomic E-state index is 0.0117. The van der Waals surface area contributed by atoms with Crippen LogP contribution in [-0.2, 0) is 23.8 Å². The zero-order chi connectivity index (χ0) is 70.8. The fraction of sp³-hybridized carbons (Fsp3) is 0.839. The highest BCUT2D eigenvalue weighted by Gasteiger charge is 2.44. The van der Waals surface area contributed by atoms with Crippen molar-refractivity contribution < 1.29 is 49.3 Å². The summed E-state index contributed by atoms with van der Waals surface area (Å²) in [6.45, 7) is 4.33. The van der Waals surface area contributed by atoms with Crippen LogP contribution < -0.4 is 5.32 Å². The Bertz CT molecular complexity index is 1860. The van der Waals surface area contributed by atoms with E-state index in [1.54, 1.807) is 6.08 Å². The van der Waals surface area contributed by atoms with Crippen molar-refractivity contribution in [2.24, 2.45) is 0 Å². The molecular weight excluding hydrogens is 1220 g/mol. The summed E-state index contributed by atoms with van der Waals surface area (Å²) in [5.41, 5.74) is 0. The van der Waals surface area contributed by atoms with Crippen molar-refractivity contribution in [1.82, 2.24) is 5.32 Å². The van der Waals surface area contributed by atoms with Crippen molar-refractivity contribution in [3.63, 3.8) is 0 Å². The van der Waals surface area contributed by atoms with Crippen LogP contribution in [0.4, 0.5) is 0 Å². The number of hydrogen-bond acceptors (Lipinski definition) is 10. The second kappa shape index (κ2) is 75.3. The van der Waals surface area contributed by atoms with Gasteiger partial charge in [-0.2, -0.15) is 0 Å². The number of aliphatic hydroxyl groups is 5. The summed E-state index contributed by atoms with van der Waals surface area (Å²) < 4.78 is 16.8. The van der Waals surface area contributed by atoms with Gasteiger partial charge in [-0.15, -0.1) is 0 Å². The van der Waals surface area contributed by atoms with Gasteiger partial charge in [-0.05, 0) is 116 Å². The van der Waals surface area contributed by atoms with E-state index < -0.39 is 49.5 Å². The molecule has 0 aromatic carbocycles. The molecule has 0 aromatic heterocycles. The Labute approximate surface area is 604 Å². The van der Waals surface area contributed by atoms with Gasteiger partial charge in [0.15, 0.2) is 6.29 Å². The highest BCUT2D eigenvalue weighted by atomic mass is 16.7. The van der Waals surface area contributed by atoms with Gasteiger partial charge in [-0.3, -0.25) is 9.59 Å². The number of amides is 1. The third-order valence-corrected chi connectivity index (χ3v) is 19.7. The van der Waals surface area contributed by atoms with E-state index >= 15 is 0 Å². The van der Waals surface area contributed by atoms with Crippen LogP contribution in [0.5, 0.6) is 0 Å². The second-order valence-electron chi connectivity index (χ2n) is 29.2. The lowest BCUT2D eigenvalue weighted by atomic mass is 9.99. The molecule has 0 aliphatic carbocycles. The van der Waals surface area contributed by atoms with Crippen LogP contribution in [0.25, 0.3) is 0 Å². The number of rotatable bonds is 75. The molecule has 1 heterocycles. The molecule has 11 heteroatoms.